The molecule has 1 N–H and O–H groups in total. The van der Waals surface area contributed by atoms with Gasteiger partial charge >= 0.3 is 0 Å². The molecule has 1 aliphatic heterocycles. The molecule has 3 rings (SSSR count). The zero-order valence-corrected chi connectivity index (χ0v) is 14.2. The lowest BCUT2D eigenvalue weighted by Gasteiger charge is -2.34. The first-order chi connectivity index (χ1) is 11.7. The third-order valence-corrected chi connectivity index (χ3v) is 4.27. The summed E-state index contributed by atoms with van der Waals surface area (Å²) in [7, 11) is 0. The van der Waals surface area contributed by atoms with Gasteiger partial charge in [-0.3, -0.25) is 4.79 Å². The molecule has 3 heterocycles. The molecule has 7 heteroatoms. The fourth-order valence-electron chi connectivity index (χ4n) is 2.75. The van der Waals surface area contributed by atoms with Crippen LogP contribution in [0.1, 0.15) is 28.7 Å². The molecule has 2 aromatic heterocycles. The van der Waals surface area contributed by atoms with Crippen LogP contribution in [0.25, 0.3) is 0 Å². The Morgan fingerprint density at radius 3 is 2.67 bits per heavy atom. The summed E-state index contributed by atoms with van der Waals surface area (Å²) in [6, 6.07) is 5.64. The van der Waals surface area contributed by atoms with Gasteiger partial charge < -0.3 is 19.6 Å². The monoisotopic (exact) mass is 329 g/mol. The number of pyridine rings is 1. The lowest BCUT2D eigenvalue weighted by atomic mass is 10.2. The van der Waals surface area contributed by atoms with E-state index in [-0.39, 0.29) is 5.91 Å². The maximum absolute atomic E-state index is 11.9. The molecular formula is C17H23N5O2. The van der Waals surface area contributed by atoms with Gasteiger partial charge in [0.15, 0.2) is 5.69 Å². The smallest absolute Gasteiger partial charge is 0.273 e. The van der Waals surface area contributed by atoms with Crippen LogP contribution in [0.3, 0.4) is 0 Å². The number of carbonyl (C=O) groups is 1. The third-order valence-electron chi connectivity index (χ3n) is 4.27. The number of nitrogens with one attached hydrogen (secondary N) is 1. The van der Waals surface area contributed by atoms with Crippen molar-refractivity contribution >= 4 is 11.7 Å². The molecule has 0 saturated carbocycles. The van der Waals surface area contributed by atoms with Gasteiger partial charge in [0.25, 0.3) is 5.91 Å². The van der Waals surface area contributed by atoms with Gasteiger partial charge in [0, 0.05) is 45.0 Å². The Bertz CT molecular complexity index is 675. The molecule has 1 amide bonds. The lowest BCUT2D eigenvalue weighted by molar-refractivity contribution is 0.0942. The Morgan fingerprint density at radius 2 is 2.08 bits per heavy atom. The van der Waals surface area contributed by atoms with Crippen LogP contribution < -0.4 is 10.2 Å². The number of likely N-dealkylation sites (N-methyl/N-ethyl adjacent to an activating group) is 1. The zero-order valence-electron chi connectivity index (χ0n) is 14.2. The van der Waals surface area contributed by atoms with Crippen LogP contribution in [-0.2, 0) is 6.54 Å². The van der Waals surface area contributed by atoms with Gasteiger partial charge in [0.2, 0.25) is 0 Å². The van der Waals surface area contributed by atoms with Gasteiger partial charge in [-0.1, -0.05) is 18.1 Å². The highest BCUT2D eigenvalue weighted by atomic mass is 16.5. The van der Waals surface area contributed by atoms with E-state index in [2.05, 4.69) is 32.2 Å². The van der Waals surface area contributed by atoms with Crippen LogP contribution in [0.5, 0.6) is 0 Å². The summed E-state index contributed by atoms with van der Waals surface area (Å²) in [6.07, 6.45) is 1.82. The molecule has 0 radical (unpaired) electrons. The summed E-state index contributed by atoms with van der Waals surface area (Å²) in [5.41, 5.74) is 1.25. The molecule has 0 spiro atoms. The average molecular weight is 329 g/mol. The van der Waals surface area contributed by atoms with Crippen molar-refractivity contribution in [2.45, 2.75) is 20.4 Å². The topological polar surface area (TPSA) is 74.5 Å². The van der Waals surface area contributed by atoms with E-state index >= 15 is 0 Å². The number of nitrogens with zero attached hydrogens (tertiary/aromatic N) is 4. The standard InChI is InChI=1S/C17H23N5O2/c1-3-21-6-8-22(9-7-21)16-5-4-14(11-18-16)12-19-17(23)15-10-13(2)24-20-15/h4-5,10-11H,3,6-9,12H2,1-2H3,(H,19,23). The van der Waals surface area contributed by atoms with Crippen LogP contribution in [0.4, 0.5) is 5.82 Å². The summed E-state index contributed by atoms with van der Waals surface area (Å²) in [6.45, 7) is 9.63. The minimum atomic E-state index is -0.244. The van der Waals surface area contributed by atoms with Gasteiger partial charge in [-0.2, -0.15) is 0 Å². The second-order valence-electron chi connectivity index (χ2n) is 5.95. The second-order valence-corrected chi connectivity index (χ2v) is 5.95. The number of anilines is 1. The van der Waals surface area contributed by atoms with Crippen LogP contribution in [0, 0.1) is 6.92 Å². The van der Waals surface area contributed by atoms with Crippen LogP contribution >= 0.6 is 0 Å². The first kappa shape index (κ1) is 16.4. The predicted molar refractivity (Wildman–Crippen MR) is 91.0 cm³/mol. The second kappa shape index (κ2) is 7.44. The van der Waals surface area contributed by atoms with E-state index in [0.717, 1.165) is 44.1 Å². The summed E-state index contributed by atoms with van der Waals surface area (Å²) in [5.74, 6) is 1.37. The average Bonchev–Trinajstić information content (AvgIpc) is 3.07. The molecular weight excluding hydrogens is 306 g/mol. The first-order valence-corrected chi connectivity index (χ1v) is 8.29. The van der Waals surface area contributed by atoms with Crippen molar-refractivity contribution in [2.75, 3.05) is 37.6 Å². The Morgan fingerprint density at radius 1 is 1.29 bits per heavy atom. The fraction of sp³-hybridized carbons (Fsp3) is 0.471. The number of piperazine rings is 1. The largest absolute Gasteiger partial charge is 0.361 e. The molecule has 128 valence electrons. The quantitative estimate of drug-likeness (QED) is 0.895. The molecule has 7 nitrogen and oxygen atoms in total. The maximum atomic E-state index is 11.9. The zero-order chi connectivity index (χ0) is 16.9. The highest BCUT2D eigenvalue weighted by Crippen LogP contribution is 2.14. The predicted octanol–water partition coefficient (Wildman–Crippen LogP) is 1.45. The van der Waals surface area contributed by atoms with Gasteiger partial charge in [0.1, 0.15) is 11.6 Å². The Kier molecular flexibility index (Phi) is 5.10. The first-order valence-electron chi connectivity index (χ1n) is 8.29. The van der Waals surface area contributed by atoms with E-state index in [1.165, 1.54) is 0 Å². The Hall–Kier alpha value is -2.41. The van der Waals surface area contributed by atoms with Crippen molar-refractivity contribution in [3.05, 3.63) is 41.4 Å². The van der Waals surface area contributed by atoms with E-state index in [9.17, 15) is 4.79 Å². The molecule has 0 aromatic carbocycles. The van der Waals surface area contributed by atoms with Crippen molar-refractivity contribution in [1.29, 1.82) is 0 Å². The van der Waals surface area contributed by atoms with Crippen molar-refractivity contribution in [3.63, 3.8) is 0 Å². The number of aromatic nitrogens is 2. The van der Waals surface area contributed by atoms with Gasteiger partial charge in [-0.15, -0.1) is 0 Å². The maximum Gasteiger partial charge on any atom is 0.273 e. The number of carbonyl (C=O) groups excluding carboxylic acids is 1. The Balaban J connectivity index is 1.52. The minimum absolute atomic E-state index is 0.244. The van der Waals surface area contributed by atoms with Crippen LogP contribution in [-0.4, -0.2) is 53.7 Å². The number of amides is 1. The minimum Gasteiger partial charge on any atom is -0.361 e. The molecule has 2 aromatic rings. The van der Waals surface area contributed by atoms with Crippen molar-refractivity contribution in [3.8, 4) is 0 Å². The van der Waals surface area contributed by atoms with Crippen LogP contribution in [0.2, 0.25) is 0 Å². The number of hydrogen-bond acceptors (Lipinski definition) is 6. The highest BCUT2D eigenvalue weighted by molar-refractivity contribution is 5.92. The molecule has 24 heavy (non-hydrogen) atoms. The summed E-state index contributed by atoms with van der Waals surface area (Å²) in [4.78, 5) is 21.2. The lowest BCUT2D eigenvalue weighted by Crippen LogP contribution is -2.46. The van der Waals surface area contributed by atoms with E-state index in [1.54, 1.807) is 13.0 Å². The van der Waals surface area contributed by atoms with Crippen molar-refractivity contribution in [2.24, 2.45) is 0 Å². The number of hydrogen-bond donors (Lipinski definition) is 1. The van der Waals surface area contributed by atoms with Crippen LogP contribution in [0.15, 0.2) is 28.9 Å². The molecule has 1 fully saturated rings. The summed E-state index contributed by atoms with van der Waals surface area (Å²) >= 11 is 0. The Labute approximate surface area is 141 Å². The van der Waals surface area contributed by atoms with E-state index in [0.29, 0.717) is 18.0 Å². The van der Waals surface area contributed by atoms with E-state index < -0.39 is 0 Å². The molecule has 1 saturated heterocycles. The normalized spacial score (nSPS) is 15.5. The van der Waals surface area contributed by atoms with Crippen molar-refractivity contribution < 1.29 is 9.32 Å². The van der Waals surface area contributed by atoms with Gasteiger partial charge in [0.05, 0.1) is 0 Å². The summed E-state index contributed by atoms with van der Waals surface area (Å²) < 4.78 is 4.90. The molecule has 1 aliphatic rings. The number of aryl methyl sites for hydroxylation is 1. The molecule has 0 aliphatic carbocycles. The molecule has 0 bridgehead atoms. The third kappa shape index (κ3) is 3.91. The van der Waals surface area contributed by atoms with Crippen molar-refractivity contribution in [1.82, 2.24) is 20.4 Å². The SMILES string of the molecule is CCN1CCN(c2ccc(CNC(=O)c3cc(C)on3)cn2)CC1. The molecule has 0 unspecified atom stereocenters. The fourth-order valence-corrected chi connectivity index (χ4v) is 2.75. The highest BCUT2D eigenvalue weighted by Gasteiger charge is 2.16. The van der Waals surface area contributed by atoms with E-state index in [1.807, 2.05) is 18.3 Å². The molecule has 0 atom stereocenters. The number of rotatable bonds is 5. The van der Waals surface area contributed by atoms with Gasteiger partial charge in [-0.25, -0.2) is 4.98 Å². The summed E-state index contributed by atoms with van der Waals surface area (Å²) in [5, 5.41) is 6.52. The van der Waals surface area contributed by atoms with Gasteiger partial charge in [-0.05, 0) is 25.1 Å². The van der Waals surface area contributed by atoms with E-state index in [4.69, 9.17) is 4.52 Å².